The molecule has 0 aromatic carbocycles. The molecule has 1 aromatic heterocycles. The molecule has 0 fully saturated rings. The van der Waals surface area contributed by atoms with Crippen molar-refractivity contribution in [2.45, 2.75) is 46.4 Å². The van der Waals surface area contributed by atoms with E-state index in [-0.39, 0.29) is 5.60 Å². The zero-order valence-corrected chi connectivity index (χ0v) is 10.5. The predicted octanol–water partition coefficient (Wildman–Crippen LogP) is 0.598. The molecule has 0 aliphatic heterocycles. The van der Waals surface area contributed by atoms with Gasteiger partial charge in [0, 0.05) is 6.61 Å². The van der Waals surface area contributed by atoms with Crippen molar-refractivity contribution in [2.24, 2.45) is 0 Å². The van der Waals surface area contributed by atoms with Crippen LogP contribution < -0.4 is 5.32 Å². The van der Waals surface area contributed by atoms with E-state index in [0.29, 0.717) is 19.7 Å². The summed E-state index contributed by atoms with van der Waals surface area (Å²) in [7, 11) is 0. The Hall–Kier alpha value is -1.01. The van der Waals surface area contributed by atoms with Gasteiger partial charge in [0.15, 0.2) is 5.82 Å². The number of hydrogen-bond acceptors (Lipinski definition) is 5. The van der Waals surface area contributed by atoms with Crippen LogP contribution in [0.15, 0.2) is 0 Å². The van der Waals surface area contributed by atoms with Gasteiger partial charge in [-0.2, -0.15) is 0 Å². The van der Waals surface area contributed by atoms with Crippen LogP contribution in [-0.4, -0.2) is 39.0 Å². The van der Waals surface area contributed by atoms with Crippen molar-refractivity contribution in [3.8, 4) is 0 Å². The Balaban J connectivity index is 2.62. The molecule has 1 aromatic rings. The van der Waals surface area contributed by atoms with Crippen molar-refractivity contribution in [3.05, 3.63) is 5.82 Å². The summed E-state index contributed by atoms with van der Waals surface area (Å²) in [4.78, 5) is 0. The lowest BCUT2D eigenvalue weighted by Gasteiger charge is -2.24. The molecule has 1 rings (SSSR count). The molecule has 0 radical (unpaired) electrons. The smallest absolute Gasteiger partial charge is 0.165 e. The summed E-state index contributed by atoms with van der Waals surface area (Å²) in [6.45, 7) is 11.1. The largest absolute Gasteiger partial charge is 0.374 e. The van der Waals surface area contributed by atoms with Gasteiger partial charge in [-0.15, -0.1) is 5.10 Å². The third kappa shape index (κ3) is 3.86. The van der Waals surface area contributed by atoms with Gasteiger partial charge < -0.3 is 10.1 Å². The zero-order valence-electron chi connectivity index (χ0n) is 10.5. The van der Waals surface area contributed by atoms with Crippen LogP contribution in [-0.2, 0) is 17.8 Å². The highest BCUT2D eigenvalue weighted by Gasteiger charge is 2.21. The van der Waals surface area contributed by atoms with Crippen LogP contribution in [0.1, 0.15) is 33.5 Å². The Morgan fingerprint density at radius 2 is 2.12 bits per heavy atom. The first-order valence-electron chi connectivity index (χ1n) is 5.68. The summed E-state index contributed by atoms with van der Waals surface area (Å²) in [6.07, 6.45) is 0. The Morgan fingerprint density at radius 1 is 1.38 bits per heavy atom. The second-order valence-electron chi connectivity index (χ2n) is 4.23. The van der Waals surface area contributed by atoms with Crippen molar-refractivity contribution < 1.29 is 4.74 Å². The van der Waals surface area contributed by atoms with Gasteiger partial charge in [-0.3, -0.25) is 0 Å². The molecule has 92 valence electrons. The molecular weight excluding hydrogens is 206 g/mol. The Bertz CT molecular complexity index is 310. The van der Waals surface area contributed by atoms with E-state index in [2.05, 4.69) is 27.8 Å². The van der Waals surface area contributed by atoms with Gasteiger partial charge in [0.25, 0.3) is 0 Å². The highest BCUT2D eigenvalue weighted by atomic mass is 16.5. The first kappa shape index (κ1) is 13.1. The lowest BCUT2D eigenvalue weighted by Crippen LogP contribution is -2.32. The third-order valence-corrected chi connectivity index (χ3v) is 2.20. The van der Waals surface area contributed by atoms with Crippen LogP contribution in [0, 0.1) is 0 Å². The third-order valence-electron chi connectivity index (χ3n) is 2.20. The molecule has 16 heavy (non-hydrogen) atoms. The van der Waals surface area contributed by atoms with Crippen molar-refractivity contribution in [1.29, 1.82) is 0 Å². The molecule has 0 saturated carbocycles. The lowest BCUT2D eigenvalue weighted by atomic mass is 10.1. The summed E-state index contributed by atoms with van der Waals surface area (Å²) >= 11 is 0. The van der Waals surface area contributed by atoms with Gasteiger partial charge in [-0.1, -0.05) is 6.92 Å². The van der Waals surface area contributed by atoms with Crippen molar-refractivity contribution in [1.82, 2.24) is 25.5 Å². The summed E-state index contributed by atoms with van der Waals surface area (Å²) in [5.41, 5.74) is -0.245. The molecule has 1 N–H and O–H groups in total. The normalized spacial score (nSPS) is 12.0. The van der Waals surface area contributed by atoms with Crippen molar-refractivity contribution in [2.75, 3.05) is 13.2 Å². The molecule has 0 spiro atoms. The fourth-order valence-corrected chi connectivity index (χ4v) is 1.51. The minimum atomic E-state index is -0.245. The quantitative estimate of drug-likeness (QED) is 0.739. The van der Waals surface area contributed by atoms with E-state index >= 15 is 0 Å². The molecule has 6 nitrogen and oxygen atoms in total. The molecule has 0 aliphatic carbocycles. The summed E-state index contributed by atoms with van der Waals surface area (Å²) in [6, 6.07) is 0. The first-order valence-corrected chi connectivity index (χ1v) is 5.68. The molecule has 6 heteroatoms. The molecule has 0 saturated heterocycles. The standard InChI is InChI=1S/C10H21N5O/c1-5-11-7-9-12-13-14-15(9)8-10(3,4)16-6-2/h11H,5-8H2,1-4H3. The van der Waals surface area contributed by atoms with E-state index in [1.165, 1.54) is 0 Å². The van der Waals surface area contributed by atoms with E-state index in [1.54, 1.807) is 4.68 Å². The maximum Gasteiger partial charge on any atom is 0.165 e. The van der Waals surface area contributed by atoms with Crippen molar-refractivity contribution >= 4 is 0 Å². The molecule has 0 aliphatic rings. The molecule has 0 unspecified atom stereocenters. The number of tetrazole rings is 1. The molecule has 0 amide bonds. The fraction of sp³-hybridized carbons (Fsp3) is 0.900. The highest BCUT2D eigenvalue weighted by molar-refractivity contribution is 4.82. The maximum atomic E-state index is 5.63. The molecular formula is C10H21N5O. The second kappa shape index (κ2) is 5.91. The fourth-order valence-electron chi connectivity index (χ4n) is 1.51. The van der Waals surface area contributed by atoms with Crippen LogP contribution in [0.3, 0.4) is 0 Å². The van der Waals surface area contributed by atoms with Crippen LogP contribution in [0.4, 0.5) is 0 Å². The minimum absolute atomic E-state index is 0.245. The van der Waals surface area contributed by atoms with Gasteiger partial charge in [0.2, 0.25) is 0 Å². The SMILES string of the molecule is CCNCc1nnnn1CC(C)(C)OCC. The number of aromatic nitrogens is 4. The van der Waals surface area contributed by atoms with Crippen LogP contribution in [0.5, 0.6) is 0 Å². The van der Waals surface area contributed by atoms with Crippen LogP contribution in [0.25, 0.3) is 0 Å². The topological polar surface area (TPSA) is 64.9 Å². The molecule has 0 atom stereocenters. The molecule has 1 heterocycles. The van der Waals surface area contributed by atoms with Gasteiger partial charge in [-0.05, 0) is 37.7 Å². The number of hydrogen-bond donors (Lipinski definition) is 1. The average Bonchev–Trinajstić information content (AvgIpc) is 2.61. The van der Waals surface area contributed by atoms with Gasteiger partial charge >= 0.3 is 0 Å². The second-order valence-corrected chi connectivity index (χ2v) is 4.23. The Labute approximate surface area is 96.4 Å². The average molecular weight is 227 g/mol. The number of nitrogens with zero attached hydrogens (tertiary/aromatic N) is 4. The number of rotatable bonds is 7. The first-order chi connectivity index (χ1) is 7.59. The Morgan fingerprint density at radius 3 is 2.75 bits per heavy atom. The van der Waals surface area contributed by atoms with Crippen LogP contribution in [0.2, 0.25) is 0 Å². The van der Waals surface area contributed by atoms with Crippen LogP contribution >= 0.6 is 0 Å². The van der Waals surface area contributed by atoms with Gasteiger partial charge in [0.1, 0.15) is 0 Å². The van der Waals surface area contributed by atoms with E-state index in [1.807, 2.05) is 20.8 Å². The van der Waals surface area contributed by atoms with E-state index in [0.717, 1.165) is 12.4 Å². The van der Waals surface area contributed by atoms with E-state index in [4.69, 9.17) is 4.74 Å². The van der Waals surface area contributed by atoms with Gasteiger partial charge in [0.05, 0.1) is 18.7 Å². The minimum Gasteiger partial charge on any atom is -0.374 e. The monoisotopic (exact) mass is 227 g/mol. The maximum absolute atomic E-state index is 5.63. The highest BCUT2D eigenvalue weighted by Crippen LogP contribution is 2.12. The summed E-state index contributed by atoms with van der Waals surface area (Å²) in [5.74, 6) is 0.842. The summed E-state index contributed by atoms with van der Waals surface area (Å²) < 4.78 is 7.42. The van der Waals surface area contributed by atoms with Gasteiger partial charge in [-0.25, -0.2) is 4.68 Å². The van der Waals surface area contributed by atoms with E-state index in [9.17, 15) is 0 Å². The Kier molecular flexibility index (Phi) is 4.82. The van der Waals surface area contributed by atoms with E-state index < -0.39 is 0 Å². The lowest BCUT2D eigenvalue weighted by molar-refractivity contribution is -0.0256. The zero-order chi connectivity index (χ0) is 12.0. The molecule has 0 bridgehead atoms. The predicted molar refractivity (Wildman–Crippen MR) is 60.9 cm³/mol. The number of nitrogens with one attached hydrogen (secondary N) is 1. The summed E-state index contributed by atoms with van der Waals surface area (Å²) in [5, 5.41) is 14.8. The number of ether oxygens (including phenoxy) is 1. The van der Waals surface area contributed by atoms with Crippen molar-refractivity contribution in [3.63, 3.8) is 0 Å².